The van der Waals surface area contributed by atoms with Crippen molar-refractivity contribution in [1.29, 1.82) is 0 Å². The topological polar surface area (TPSA) is 29.0 Å². The summed E-state index contributed by atoms with van der Waals surface area (Å²) < 4.78 is 0. The van der Waals surface area contributed by atoms with Crippen LogP contribution in [0.15, 0.2) is 12.4 Å². The number of rotatable bonds is 2. The van der Waals surface area contributed by atoms with E-state index in [-0.39, 0.29) is 0 Å². The predicted octanol–water partition coefficient (Wildman–Crippen LogP) is 3.39. The summed E-state index contributed by atoms with van der Waals surface area (Å²) in [6.45, 7) is 6.72. The number of aromatic nitrogens is 2. The van der Waals surface area contributed by atoms with Crippen molar-refractivity contribution in [2.24, 2.45) is 11.8 Å². The molecule has 0 spiro atoms. The first kappa shape index (κ1) is 12.6. The third kappa shape index (κ3) is 3.09. The van der Waals surface area contributed by atoms with Gasteiger partial charge >= 0.3 is 0 Å². The summed E-state index contributed by atoms with van der Waals surface area (Å²) in [7, 11) is 0. The molecule has 1 saturated heterocycles. The van der Waals surface area contributed by atoms with Crippen molar-refractivity contribution >= 4 is 17.4 Å². The summed E-state index contributed by atoms with van der Waals surface area (Å²) in [5.74, 6) is 2.45. The van der Waals surface area contributed by atoms with Gasteiger partial charge in [0.1, 0.15) is 0 Å². The van der Waals surface area contributed by atoms with Gasteiger partial charge in [0.25, 0.3) is 0 Å². The molecule has 17 heavy (non-hydrogen) atoms. The van der Waals surface area contributed by atoms with Gasteiger partial charge in [-0.1, -0.05) is 25.4 Å². The van der Waals surface area contributed by atoms with E-state index in [9.17, 15) is 0 Å². The summed E-state index contributed by atoms with van der Waals surface area (Å²) in [4.78, 5) is 10.7. The molecule has 1 unspecified atom stereocenters. The molecule has 2 rings (SSSR count). The lowest BCUT2D eigenvalue weighted by atomic mass is 9.89. The monoisotopic (exact) mass is 253 g/mol. The summed E-state index contributed by atoms with van der Waals surface area (Å²) >= 11 is 6.09. The number of hydrogen-bond acceptors (Lipinski definition) is 3. The quantitative estimate of drug-likeness (QED) is 0.809. The van der Waals surface area contributed by atoms with Gasteiger partial charge in [0.15, 0.2) is 11.0 Å². The first-order chi connectivity index (χ1) is 8.18. The molecule has 0 aromatic carbocycles. The summed E-state index contributed by atoms with van der Waals surface area (Å²) in [6.07, 6.45) is 7.11. The fourth-order valence-electron chi connectivity index (χ4n) is 2.53. The van der Waals surface area contributed by atoms with Crippen LogP contribution >= 0.6 is 11.6 Å². The third-order valence-corrected chi connectivity index (χ3v) is 3.92. The molecule has 1 aromatic heterocycles. The molecule has 1 aliphatic rings. The molecule has 1 aliphatic heterocycles. The average molecular weight is 254 g/mol. The van der Waals surface area contributed by atoms with E-state index in [1.807, 2.05) is 0 Å². The molecule has 2 heterocycles. The zero-order valence-electron chi connectivity index (χ0n) is 10.6. The number of halogens is 1. The van der Waals surface area contributed by atoms with E-state index in [1.54, 1.807) is 12.4 Å². The Morgan fingerprint density at radius 2 is 2.00 bits per heavy atom. The Kier molecular flexibility index (Phi) is 4.21. The molecule has 0 saturated carbocycles. The number of anilines is 1. The van der Waals surface area contributed by atoms with E-state index >= 15 is 0 Å². The zero-order valence-corrected chi connectivity index (χ0v) is 11.3. The van der Waals surface area contributed by atoms with Crippen LogP contribution in [-0.4, -0.2) is 23.1 Å². The standard InChI is InChI=1S/C13H20ClN3/c1-10(2)11-4-3-8-17(9-5-11)13-12(14)15-6-7-16-13/h6-7,10-11H,3-5,8-9H2,1-2H3. The Bertz CT molecular complexity index is 367. The number of hydrogen-bond donors (Lipinski definition) is 0. The van der Waals surface area contributed by atoms with Crippen LogP contribution in [0.25, 0.3) is 0 Å². The van der Waals surface area contributed by atoms with Crippen LogP contribution in [0.5, 0.6) is 0 Å². The highest BCUT2D eigenvalue weighted by Crippen LogP contribution is 2.28. The van der Waals surface area contributed by atoms with Gasteiger partial charge in [-0.2, -0.15) is 0 Å². The van der Waals surface area contributed by atoms with Gasteiger partial charge in [-0.15, -0.1) is 0 Å². The molecule has 1 atom stereocenters. The Labute approximate surface area is 108 Å². The van der Waals surface area contributed by atoms with Gasteiger partial charge in [-0.05, 0) is 31.1 Å². The Hall–Kier alpha value is -0.830. The fourth-order valence-corrected chi connectivity index (χ4v) is 2.75. The highest BCUT2D eigenvalue weighted by Gasteiger charge is 2.21. The fraction of sp³-hybridized carbons (Fsp3) is 0.692. The molecule has 0 radical (unpaired) electrons. The minimum absolute atomic E-state index is 0.524. The average Bonchev–Trinajstić information content (AvgIpc) is 2.55. The summed E-state index contributed by atoms with van der Waals surface area (Å²) in [5, 5.41) is 0.524. The minimum atomic E-state index is 0.524. The van der Waals surface area contributed by atoms with Gasteiger partial charge < -0.3 is 4.90 Å². The second-order valence-corrected chi connectivity index (χ2v) is 5.45. The zero-order chi connectivity index (χ0) is 12.3. The van der Waals surface area contributed by atoms with Crippen LogP contribution in [-0.2, 0) is 0 Å². The lowest BCUT2D eigenvalue weighted by molar-refractivity contribution is 0.351. The second-order valence-electron chi connectivity index (χ2n) is 5.09. The molecule has 4 heteroatoms. The van der Waals surface area contributed by atoms with E-state index in [0.29, 0.717) is 5.15 Å². The lowest BCUT2D eigenvalue weighted by Crippen LogP contribution is -2.26. The van der Waals surface area contributed by atoms with Gasteiger partial charge in [-0.3, -0.25) is 0 Å². The highest BCUT2D eigenvalue weighted by atomic mass is 35.5. The molecule has 0 bridgehead atoms. The van der Waals surface area contributed by atoms with Gasteiger partial charge in [0.05, 0.1) is 0 Å². The van der Waals surface area contributed by atoms with Crippen molar-refractivity contribution < 1.29 is 0 Å². The molecular weight excluding hydrogens is 234 g/mol. The van der Waals surface area contributed by atoms with E-state index in [2.05, 4.69) is 28.7 Å². The Morgan fingerprint density at radius 3 is 2.71 bits per heavy atom. The highest BCUT2D eigenvalue weighted by molar-refractivity contribution is 6.31. The van der Waals surface area contributed by atoms with E-state index in [1.165, 1.54) is 19.3 Å². The van der Waals surface area contributed by atoms with E-state index in [4.69, 9.17) is 11.6 Å². The smallest absolute Gasteiger partial charge is 0.171 e. The van der Waals surface area contributed by atoms with Crippen molar-refractivity contribution in [1.82, 2.24) is 9.97 Å². The normalized spacial score (nSPS) is 21.6. The molecule has 94 valence electrons. The van der Waals surface area contributed by atoms with Crippen LogP contribution in [0.3, 0.4) is 0 Å². The van der Waals surface area contributed by atoms with Crippen molar-refractivity contribution in [3.63, 3.8) is 0 Å². The Balaban J connectivity index is 2.07. The largest absolute Gasteiger partial charge is 0.354 e. The van der Waals surface area contributed by atoms with Crippen LogP contribution in [0.4, 0.5) is 5.82 Å². The maximum absolute atomic E-state index is 6.09. The SMILES string of the molecule is CC(C)C1CCCN(c2nccnc2Cl)CC1. The molecular formula is C13H20ClN3. The molecule has 0 amide bonds. The van der Waals surface area contributed by atoms with Crippen molar-refractivity contribution in [2.75, 3.05) is 18.0 Å². The van der Waals surface area contributed by atoms with Crippen molar-refractivity contribution in [3.05, 3.63) is 17.5 Å². The maximum Gasteiger partial charge on any atom is 0.171 e. The van der Waals surface area contributed by atoms with Crippen molar-refractivity contribution in [2.45, 2.75) is 33.1 Å². The first-order valence-electron chi connectivity index (χ1n) is 6.40. The minimum Gasteiger partial charge on any atom is -0.354 e. The molecule has 0 aliphatic carbocycles. The number of nitrogens with zero attached hydrogens (tertiary/aromatic N) is 3. The second kappa shape index (κ2) is 5.67. The van der Waals surface area contributed by atoms with Crippen LogP contribution < -0.4 is 4.90 Å². The Morgan fingerprint density at radius 1 is 1.24 bits per heavy atom. The van der Waals surface area contributed by atoms with Gasteiger partial charge in [0.2, 0.25) is 0 Å². The van der Waals surface area contributed by atoms with Crippen LogP contribution in [0.2, 0.25) is 5.15 Å². The van der Waals surface area contributed by atoms with E-state index in [0.717, 1.165) is 30.7 Å². The predicted molar refractivity (Wildman–Crippen MR) is 71.4 cm³/mol. The van der Waals surface area contributed by atoms with Crippen LogP contribution in [0, 0.1) is 11.8 Å². The lowest BCUT2D eigenvalue weighted by Gasteiger charge is -2.22. The molecule has 3 nitrogen and oxygen atoms in total. The molecule has 1 aromatic rings. The van der Waals surface area contributed by atoms with Gasteiger partial charge in [-0.25, -0.2) is 9.97 Å². The van der Waals surface area contributed by atoms with Gasteiger partial charge in [0, 0.05) is 25.5 Å². The molecule has 1 fully saturated rings. The maximum atomic E-state index is 6.09. The molecule has 0 N–H and O–H groups in total. The summed E-state index contributed by atoms with van der Waals surface area (Å²) in [6, 6.07) is 0. The first-order valence-corrected chi connectivity index (χ1v) is 6.77. The van der Waals surface area contributed by atoms with E-state index < -0.39 is 0 Å². The summed E-state index contributed by atoms with van der Waals surface area (Å²) in [5.41, 5.74) is 0. The third-order valence-electron chi connectivity index (χ3n) is 3.65. The van der Waals surface area contributed by atoms with Crippen molar-refractivity contribution in [3.8, 4) is 0 Å². The van der Waals surface area contributed by atoms with Crippen LogP contribution in [0.1, 0.15) is 33.1 Å².